The van der Waals surface area contributed by atoms with Gasteiger partial charge in [0.05, 0.1) is 27.5 Å². The Morgan fingerprint density at radius 1 is 1.42 bits per heavy atom. The van der Waals surface area contributed by atoms with Gasteiger partial charge < -0.3 is 14.8 Å². The highest BCUT2D eigenvalue weighted by molar-refractivity contribution is 7.14. The van der Waals surface area contributed by atoms with E-state index in [2.05, 4.69) is 15.3 Å². The smallest absolute Gasteiger partial charge is 0.223 e. The van der Waals surface area contributed by atoms with Crippen molar-refractivity contribution < 1.29 is 9.47 Å². The summed E-state index contributed by atoms with van der Waals surface area (Å²) in [4.78, 5) is 9.12. The summed E-state index contributed by atoms with van der Waals surface area (Å²) in [7, 11) is 0. The zero-order chi connectivity index (χ0) is 16.4. The van der Waals surface area contributed by atoms with E-state index in [0.717, 1.165) is 39.6 Å². The van der Waals surface area contributed by atoms with E-state index < -0.39 is 0 Å². The molecule has 4 heterocycles. The van der Waals surface area contributed by atoms with Crippen LogP contribution in [-0.2, 0) is 4.74 Å². The number of fused-ring (bicyclic) bond motifs is 1. The van der Waals surface area contributed by atoms with Gasteiger partial charge in [-0.2, -0.15) is 0 Å². The fourth-order valence-electron chi connectivity index (χ4n) is 2.65. The Morgan fingerprint density at radius 2 is 2.38 bits per heavy atom. The minimum Gasteiger partial charge on any atom is -0.474 e. The second-order valence-electron chi connectivity index (χ2n) is 5.53. The number of rotatable bonds is 4. The summed E-state index contributed by atoms with van der Waals surface area (Å²) in [5, 5.41) is 6.18. The van der Waals surface area contributed by atoms with E-state index in [9.17, 15) is 0 Å². The number of nitrogens with zero attached hydrogens (tertiary/aromatic N) is 2. The summed E-state index contributed by atoms with van der Waals surface area (Å²) in [6.07, 6.45) is 1.80. The number of hydrogen-bond donors (Lipinski definition) is 1. The summed E-state index contributed by atoms with van der Waals surface area (Å²) in [5.41, 5.74) is 2.63. The van der Waals surface area contributed by atoms with Crippen LogP contribution < -0.4 is 10.1 Å². The number of halogens is 1. The molecule has 1 N–H and O–H groups in total. The third-order valence-electron chi connectivity index (χ3n) is 3.84. The molecule has 3 aromatic rings. The van der Waals surface area contributed by atoms with Gasteiger partial charge in [-0.05, 0) is 24.3 Å². The van der Waals surface area contributed by atoms with Crippen LogP contribution in [0.25, 0.3) is 22.2 Å². The summed E-state index contributed by atoms with van der Waals surface area (Å²) in [6, 6.07) is 7.71. The van der Waals surface area contributed by atoms with Crippen molar-refractivity contribution in [1.29, 1.82) is 0 Å². The summed E-state index contributed by atoms with van der Waals surface area (Å²) in [6.45, 7) is 2.83. The first kappa shape index (κ1) is 15.8. The first-order valence-corrected chi connectivity index (χ1v) is 9.00. The Hall–Kier alpha value is -1.73. The van der Waals surface area contributed by atoms with Gasteiger partial charge in [0.1, 0.15) is 12.7 Å². The Morgan fingerprint density at radius 3 is 3.17 bits per heavy atom. The molecule has 4 rings (SSSR count). The van der Waals surface area contributed by atoms with Crippen LogP contribution in [0.4, 0.5) is 0 Å². The highest BCUT2D eigenvalue weighted by Gasteiger charge is 2.16. The lowest BCUT2D eigenvalue weighted by Crippen LogP contribution is -2.41. The van der Waals surface area contributed by atoms with Gasteiger partial charge in [-0.15, -0.1) is 11.3 Å². The molecule has 0 unspecified atom stereocenters. The number of nitrogens with one attached hydrogen (secondary N) is 1. The average molecular weight is 362 g/mol. The average Bonchev–Trinajstić information content (AvgIpc) is 3.07. The van der Waals surface area contributed by atoms with Crippen LogP contribution in [0.3, 0.4) is 0 Å². The highest BCUT2D eigenvalue weighted by atomic mass is 35.5. The molecular weight excluding hydrogens is 346 g/mol. The van der Waals surface area contributed by atoms with E-state index in [0.29, 0.717) is 19.1 Å². The zero-order valence-electron chi connectivity index (χ0n) is 12.9. The Balaban J connectivity index is 1.66. The minimum atomic E-state index is 0.0338. The van der Waals surface area contributed by atoms with Gasteiger partial charge in [0.2, 0.25) is 5.88 Å². The van der Waals surface area contributed by atoms with E-state index in [-0.39, 0.29) is 6.10 Å². The molecule has 1 aliphatic rings. The fourth-order valence-corrected chi connectivity index (χ4v) is 3.52. The maximum atomic E-state index is 6.05. The molecule has 0 radical (unpaired) electrons. The van der Waals surface area contributed by atoms with Crippen molar-refractivity contribution in [2.24, 2.45) is 0 Å². The lowest BCUT2D eigenvalue weighted by Gasteiger charge is -2.23. The molecule has 0 aromatic carbocycles. The first-order valence-electron chi connectivity index (χ1n) is 7.75. The Labute approximate surface area is 148 Å². The number of ether oxygens (including phenoxy) is 2. The van der Waals surface area contributed by atoms with Crippen LogP contribution >= 0.6 is 22.9 Å². The summed E-state index contributed by atoms with van der Waals surface area (Å²) in [5.74, 6) is 0.576. The number of thiophene rings is 1. The molecule has 5 nitrogen and oxygen atoms in total. The molecule has 0 bridgehead atoms. The predicted molar refractivity (Wildman–Crippen MR) is 96.0 cm³/mol. The molecule has 0 saturated carbocycles. The van der Waals surface area contributed by atoms with E-state index in [1.807, 2.05) is 29.6 Å². The Bertz CT molecular complexity index is 849. The summed E-state index contributed by atoms with van der Waals surface area (Å²) >= 11 is 7.53. The molecule has 7 heteroatoms. The quantitative estimate of drug-likeness (QED) is 0.772. The fraction of sp³-hybridized carbons (Fsp3) is 0.294. The van der Waals surface area contributed by atoms with Gasteiger partial charge in [-0.3, -0.25) is 4.98 Å². The number of aromatic nitrogens is 2. The van der Waals surface area contributed by atoms with Crippen molar-refractivity contribution >= 4 is 33.8 Å². The van der Waals surface area contributed by atoms with Crippen LogP contribution in [-0.4, -0.2) is 42.4 Å². The number of pyridine rings is 2. The molecule has 1 atom stereocenters. The first-order chi connectivity index (χ1) is 11.8. The van der Waals surface area contributed by atoms with E-state index in [1.165, 1.54) is 11.3 Å². The molecule has 124 valence electrons. The molecule has 1 saturated heterocycles. The molecule has 0 spiro atoms. The van der Waals surface area contributed by atoms with Crippen molar-refractivity contribution in [2.45, 2.75) is 6.10 Å². The maximum absolute atomic E-state index is 6.05. The van der Waals surface area contributed by atoms with Crippen molar-refractivity contribution in [3.63, 3.8) is 0 Å². The lowest BCUT2D eigenvalue weighted by molar-refractivity contribution is -0.000365. The molecule has 3 aromatic heterocycles. The molecule has 1 aliphatic heterocycles. The largest absolute Gasteiger partial charge is 0.474 e. The Kier molecular flexibility index (Phi) is 4.62. The maximum Gasteiger partial charge on any atom is 0.223 e. The van der Waals surface area contributed by atoms with E-state index >= 15 is 0 Å². The monoisotopic (exact) mass is 361 g/mol. The molecule has 24 heavy (non-hydrogen) atoms. The minimum absolute atomic E-state index is 0.0338. The van der Waals surface area contributed by atoms with Crippen LogP contribution in [0.15, 0.2) is 35.8 Å². The molecular formula is C17H16ClN3O2S. The van der Waals surface area contributed by atoms with Crippen molar-refractivity contribution in [3.05, 3.63) is 40.2 Å². The van der Waals surface area contributed by atoms with E-state index in [1.54, 1.807) is 6.20 Å². The van der Waals surface area contributed by atoms with Gasteiger partial charge >= 0.3 is 0 Å². The van der Waals surface area contributed by atoms with Crippen LogP contribution in [0, 0.1) is 0 Å². The van der Waals surface area contributed by atoms with Crippen LogP contribution in [0.5, 0.6) is 5.88 Å². The second-order valence-corrected chi connectivity index (χ2v) is 7.07. The molecule has 0 aliphatic carbocycles. The zero-order valence-corrected chi connectivity index (χ0v) is 14.4. The number of morpholine rings is 1. The van der Waals surface area contributed by atoms with Gasteiger partial charge in [-0.1, -0.05) is 11.6 Å². The van der Waals surface area contributed by atoms with Crippen molar-refractivity contribution in [1.82, 2.24) is 15.3 Å². The van der Waals surface area contributed by atoms with Crippen LogP contribution in [0.1, 0.15) is 0 Å². The number of hydrogen-bond acceptors (Lipinski definition) is 6. The summed E-state index contributed by atoms with van der Waals surface area (Å²) < 4.78 is 12.4. The predicted octanol–water partition coefficient (Wildman–Crippen LogP) is 3.38. The third kappa shape index (κ3) is 3.37. The standard InChI is InChI=1S/C17H16ClN3O2S/c18-16-6-11(10-24-16)14-7-15-13(2-1-3-20-15)17(21-14)23-9-12-8-19-4-5-22-12/h1-3,6-7,10,12,19H,4-5,8-9H2/t12-/m0/s1. The van der Waals surface area contributed by atoms with Crippen molar-refractivity contribution in [2.75, 3.05) is 26.3 Å². The highest BCUT2D eigenvalue weighted by Crippen LogP contribution is 2.32. The third-order valence-corrected chi connectivity index (χ3v) is 4.93. The van der Waals surface area contributed by atoms with Gasteiger partial charge in [0.15, 0.2) is 0 Å². The second kappa shape index (κ2) is 7.03. The van der Waals surface area contributed by atoms with Gasteiger partial charge in [-0.25, -0.2) is 4.98 Å². The van der Waals surface area contributed by atoms with Crippen LogP contribution in [0.2, 0.25) is 4.34 Å². The van der Waals surface area contributed by atoms with Gasteiger partial charge in [0.25, 0.3) is 0 Å². The normalized spacial score (nSPS) is 18.0. The van der Waals surface area contributed by atoms with Gasteiger partial charge in [0, 0.05) is 30.2 Å². The molecule has 0 amide bonds. The van der Waals surface area contributed by atoms with E-state index in [4.69, 9.17) is 21.1 Å². The molecule has 1 fully saturated rings. The topological polar surface area (TPSA) is 56.3 Å². The SMILES string of the molecule is Clc1cc(-c2cc3ncccc3c(OC[C@@H]3CNCCO3)n2)cs1. The lowest BCUT2D eigenvalue weighted by atomic mass is 10.1. The van der Waals surface area contributed by atoms with Crippen molar-refractivity contribution in [3.8, 4) is 17.1 Å².